The zero-order valence-corrected chi connectivity index (χ0v) is 21.4. The van der Waals surface area contributed by atoms with Crippen molar-refractivity contribution in [2.24, 2.45) is 5.92 Å². The smallest absolute Gasteiger partial charge is 0.417 e. The van der Waals surface area contributed by atoms with Crippen LogP contribution in [-0.4, -0.2) is 22.0 Å². The highest BCUT2D eigenvalue weighted by Crippen LogP contribution is 2.39. The summed E-state index contributed by atoms with van der Waals surface area (Å²) in [5.41, 5.74) is 3.32. The van der Waals surface area contributed by atoms with Gasteiger partial charge in [-0.1, -0.05) is 56.2 Å². The number of amides is 1. The van der Waals surface area contributed by atoms with Crippen LogP contribution in [0.4, 0.5) is 18.9 Å². The molecule has 2 unspecified atom stereocenters. The number of aromatic nitrogens is 1. The number of rotatable bonds is 8. The van der Waals surface area contributed by atoms with Crippen molar-refractivity contribution in [3.8, 4) is 11.1 Å². The fraction of sp³-hybridized carbons (Fsp3) is 0.367. The normalized spacial score (nSPS) is 15.7. The maximum absolute atomic E-state index is 13.7. The Bertz CT molecular complexity index is 1300. The number of hydrogen-bond donors (Lipinski definition) is 2. The number of hydrogen-bond acceptors (Lipinski definition) is 3. The van der Waals surface area contributed by atoms with E-state index in [1.54, 1.807) is 12.1 Å². The van der Waals surface area contributed by atoms with Gasteiger partial charge >= 0.3 is 12.1 Å². The van der Waals surface area contributed by atoms with Crippen LogP contribution in [0.5, 0.6) is 0 Å². The van der Waals surface area contributed by atoms with Crippen molar-refractivity contribution in [3.63, 3.8) is 0 Å². The summed E-state index contributed by atoms with van der Waals surface area (Å²) in [5.74, 6) is -1.47. The van der Waals surface area contributed by atoms with Gasteiger partial charge in [-0.05, 0) is 66.0 Å². The van der Waals surface area contributed by atoms with Gasteiger partial charge in [-0.15, -0.1) is 0 Å². The molecule has 8 heteroatoms. The van der Waals surface area contributed by atoms with Crippen molar-refractivity contribution in [2.75, 3.05) is 5.32 Å². The maximum Gasteiger partial charge on any atom is 0.417 e. The fourth-order valence-electron chi connectivity index (χ4n) is 5.47. The second-order valence-electron chi connectivity index (χ2n) is 10.1. The van der Waals surface area contributed by atoms with Gasteiger partial charge in [0.2, 0.25) is 5.91 Å². The minimum absolute atomic E-state index is 0.00329. The summed E-state index contributed by atoms with van der Waals surface area (Å²) in [6.45, 7) is 3.73. The highest BCUT2D eigenvalue weighted by molar-refractivity contribution is 5.97. The fourth-order valence-corrected chi connectivity index (χ4v) is 5.47. The Labute approximate surface area is 220 Å². The van der Waals surface area contributed by atoms with Crippen LogP contribution in [0.3, 0.4) is 0 Å². The van der Waals surface area contributed by atoms with E-state index >= 15 is 0 Å². The topological polar surface area (TPSA) is 79.3 Å². The van der Waals surface area contributed by atoms with Crippen molar-refractivity contribution >= 4 is 17.6 Å². The van der Waals surface area contributed by atoms with E-state index in [0.717, 1.165) is 54.6 Å². The molecule has 1 saturated carbocycles. The van der Waals surface area contributed by atoms with Gasteiger partial charge in [0.05, 0.1) is 17.9 Å². The number of benzene rings is 2. The number of carboxylic acids is 1. The largest absolute Gasteiger partial charge is 0.481 e. The standard InChI is InChI=1S/C30H31F3N2O3/c1-18(14-27(36)37)25-8-5-9-26(19(25)2)35-29(38)28(21-6-3-4-7-21)22-12-10-20(11-13-22)23-15-24(17-34-16-23)30(31,32)33/h5,8-13,15-18,21,28H,3-4,6-7,14H2,1-2H3,(H,35,38)(H,36,37). The van der Waals surface area contributed by atoms with Gasteiger partial charge < -0.3 is 10.4 Å². The molecule has 0 aliphatic heterocycles. The second kappa shape index (κ2) is 11.4. The lowest BCUT2D eigenvalue weighted by atomic mass is 9.83. The van der Waals surface area contributed by atoms with E-state index in [4.69, 9.17) is 0 Å². The molecule has 1 fully saturated rings. The molecule has 0 spiro atoms. The zero-order chi connectivity index (χ0) is 27.4. The summed E-state index contributed by atoms with van der Waals surface area (Å²) in [4.78, 5) is 28.6. The molecule has 1 amide bonds. The number of nitrogens with one attached hydrogen (secondary N) is 1. The van der Waals surface area contributed by atoms with Crippen LogP contribution in [0.25, 0.3) is 11.1 Å². The second-order valence-corrected chi connectivity index (χ2v) is 10.1. The molecular weight excluding hydrogens is 493 g/mol. The SMILES string of the molecule is Cc1c(NC(=O)C(c2ccc(-c3cncc(C(F)(F)F)c3)cc2)C2CCCC2)cccc1C(C)CC(=O)O. The van der Waals surface area contributed by atoms with Crippen LogP contribution in [0, 0.1) is 12.8 Å². The first-order valence-electron chi connectivity index (χ1n) is 12.8. The summed E-state index contributed by atoms with van der Waals surface area (Å²) in [6, 6.07) is 13.7. The summed E-state index contributed by atoms with van der Waals surface area (Å²) in [5, 5.41) is 12.3. The Morgan fingerprint density at radius 1 is 1.05 bits per heavy atom. The summed E-state index contributed by atoms with van der Waals surface area (Å²) >= 11 is 0. The van der Waals surface area contributed by atoms with Crippen molar-refractivity contribution in [3.05, 3.63) is 83.2 Å². The van der Waals surface area contributed by atoms with E-state index in [1.807, 2.05) is 44.2 Å². The third-order valence-electron chi connectivity index (χ3n) is 7.47. The molecule has 2 N–H and O–H groups in total. The number of nitrogens with zero attached hydrogens (tertiary/aromatic N) is 1. The number of carbonyl (C=O) groups is 2. The molecule has 5 nitrogen and oxygen atoms in total. The molecule has 38 heavy (non-hydrogen) atoms. The van der Waals surface area contributed by atoms with Gasteiger partial charge in [0.25, 0.3) is 0 Å². The molecule has 1 heterocycles. The number of pyridine rings is 1. The Kier molecular flexibility index (Phi) is 8.19. The molecule has 1 aromatic heterocycles. The van der Waals surface area contributed by atoms with E-state index in [1.165, 1.54) is 6.20 Å². The van der Waals surface area contributed by atoms with E-state index < -0.39 is 23.6 Å². The summed E-state index contributed by atoms with van der Waals surface area (Å²) in [6.07, 6.45) is 1.65. The minimum Gasteiger partial charge on any atom is -0.481 e. The average Bonchev–Trinajstić information content (AvgIpc) is 3.39. The summed E-state index contributed by atoms with van der Waals surface area (Å²) < 4.78 is 39.4. The first-order chi connectivity index (χ1) is 18.0. The third-order valence-corrected chi connectivity index (χ3v) is 7.47. The molecule has 2 aromatic carbocycles. The highest BCUT2D eigenvalue weighted by Gasteiger charge is 2.33. The Balaban J connectivity index is 1.60. The van der Waals surface area contributed by atoms with Crippen LogP contribution in [0.2, 0.25) is 0 Å². The van der Waals surface area contributed by atoms with Gasteiger partial charge in [0.15, 0.2) is 0 Å². The van der Waals surface area contributed by atoms with Gasteiger partial charge in [-0.3, -0.25) is 14.6 Å². The molecule has 1 aliphatic rings. The van der Waals surface area contributed by atoms with Crippen molar-refractivity contribution in [1.29, 1.82) is 0 Å². The number of halogens is 3. The highest BCUT2D eigenvalue weighted by atomic mass is 19.4. The van der Waals surface area contributed by atoms with Crippen LogP contribution >= 0.6 is 0 Å². The lowest BCUT2D eigenvalue weighted by Crippen LogP contribution is -2.27. The lowest BCUT2D eigenvalue weighted by Gasteiger charge is -2.25. The summed E-state index contributed by atoms with van der Waals surface area (Å²) in [7, 11) is 0. The quantitative estimate of drug-likeness (QED) is 0.319. The van der Waals surface area contributed by atoms with Crippen LogP contribution in [0.1, 0.15) is 73.1 Å². The van der Waals surface area contributed by atoms with Crippen LogP contribution < -0.4 is 5.32 Å². The molecule has 0 bridgehead atoms. The first-order valence-corrected chi connectivity index (χ1v) is 12.8. The molecule has 2 atom stereocenters. The molecule has 0 saturated heterocycles. The van der Waals surface area contributed by atoms with Gasteiger partial charge in [-0.2, -0.15) is 13.2 Å². The zero-order valence-electron chi connectivity index (χ0n) is 21.4. The van der Waals surface area contributed by atoms with Gasteiger partial charge in [0.1, 0.15) is 0 Å². The third kappa shape index (κ3) is 6.23. The molecular formula is C30H31F3N2O3. The Morgan fingerprint density at radius 3 is 2.37 bits per heavy atom. The average molecular weight is 525 g/mol. The lowest BCUT2D eigenvalue weighted by molar-refractivity contribution is -0.138. The Morgan fingerprint density at radius 2 is 1.74 bits per heavy atom. The van der Waals surface area contributed by atoms with Gasteiger partial charge in [0, 0.05) is 23.6 Å². The minimum atomic E-state index is -4.48. The van der Waals surface area contributed by atoms with E-state index in [2.05, 4.69) is 10.3 Å². The van der Waals surface area contributed by atoms with Crippen LogP contribution in [-0.2, 0) is 15.8 Å². The number of carbonyl (C=O) groups excluding carboxylic acids is 1. The number of anilines is 1. The monoisotopic (exact) mass is 524 g/mol. The molecule has 4 rings (SSSR count). The van der Waals surface area contributed by atoms with Crippen LogP contribution in [0.15, 0.2) is 60.9 Å². The van der Waals surface area contributed by atoms with E-state index in [-0.39, 0.29) is 24.2 Å². The number of alkyl halides is 3. The number of carboxylic acid groups (broad SMARTS) is 1. The predicted octanol–water partition coefficient (Wildman–Crippen LogP) is 7.57. The van der Waals surface area contributed by atoms with Gasteiger partial charge in [-0.25, -0.2) is 0 Å². The number of aliphatic carboxylic acids is 1. The Hall–Kier alpha value is -3.68. The van der Waals surface area contributed by atoms with Crippen molar-refractivity contribution < 1.29 is 27.9 Å². The molecule has 0 radical (unpaired) electrons. The van der Waals surface area contributed by atoms with Crippen molar-refractivity contribution in [2.45, 2.75) is 64.0 Å². The molecule has 3 aromatic rings. The van der Waals surface area contributed by atoms with E-state index in [9.17, 15) is 27.9 Å². The van der Waals surface area contributed by atoms with Crippen molar-refractivity contribution in [1.82, 2.24) is 4.98 Å². The molecule has 200 valence electrons. The maximum atomic E-state index is 13.7. The predicted molar refractivity (Wildman–Crippen MR) is 140 cm³/mol. The van der Waals surface area contributed by atoms with E-state index in [0.29, 0.717) is 16.8 Å². The first kappa shape index (κ1) is 27.4. The molecule has 1 aliphatic carbocycles.